The maximum atomic E-state index is 11.7. The fourth-order valence-electron chi connectivity index (χ4n) is 1.87. The first kappa shape index (κ1) is 11.1. The molecule has 86 valence electrons. The second-order valence-electron chi connectivity index (χ2n) is 4.16. The van der Waals surface area contributed by atoms with Crippen LogP contribution in [0.15, 0.2) is 30.3 Å². The van der Waals surface area contributed by atoms with Crippen molar-refractivity contribution in [2.45, 2.75) is 31.3 Å². The van der Waals surface area contributed by atoms with Crippen molar-refractivity contribution < 1.29 is 9.53 Å². The van der Waals surface area contributed by atoms with E-state index in [4.69, 9.17) is 4.74 Å². The van der Waals surface area contributed by atoms with Crippen LogP contribution in [0.1, 0.15) is 30.9 Å². The molecule has 2 rings (SSSR count). The number of carbonyl (C=O) groups excluding carboxylic acids is 1. The Morgan fingerprint density at radius 2 is 2.06 bits per heavy atom. The third-order valence-electron chi connectivity index (χ3n) is 3.08. The average Bonchev–Trinajstić information content (AvgIpc) is 2.28. The summed E-state index contributed by atoms with van der Waals surface area (Å²) in [5.74, 6) is -0.210. The van der Waals surface area contributed by atoms with Gasteiger partial charge in [-0.25, -0.2) is 4.79 Å². The topological polar surface area (TPSA) is 38.3 Å². The molecule has 3 heteroatoms. The molecule has 1 atom stereocenters. The Balaban J connectivity index is 2.10. The van der Waals surface area contributed by atoms with E-state index >= 15 is 0 Å². The van der Waals surface area contributed by atoms with Crippen molar-refractivity contribution >= 4 is 5.97 Å². The van der Waals surface area contributed by atoms with E-state index in [1.165, 1.54) is 13.5 Å². The van der Waals surface area contributed by atoms with Gasteiger partial charge < -0.3 is 4.74 Å². The van der Waals surface area contributed by atoms with E-state index in [9.17, 15) is 4.79 Å². The van der Waals surface area contributed by atoms with Crippen LogP contribution in [0.25, 0.3) is 0 Å². The molecule has 1 aliphatic carbocycles. The van der Waals surface area contributed by atoms with E-state index in [0.29, 0.717) is 6.04 Å². The summed E-state index contributed by atoms with van der Waals surface area (Å²) < 4.78 is 4.83. The molecule has 0 spiro atoms. The van der Waals surface area contributed by atoms with Gasteiger partial charge in [0.05, 0.1) is 7.11 Å². The molecule has 1 aromatic rings. The number of ether oxygens (including phenoxy) is 1. The number of benzene rings is 1. The molecule has 1 aromatic carbocycles. The van der Waals surface area contributed by atoms with Gasteiger partial charge in [0.15, 0.2) is 0 Å². The summed E-state index contributed by atoms with van der Waals surface area (Å²) in [4.78, 5) is 11.7. The van der Waals surface area contributed by atoms with Crippen molar-refractivity contribution in [2.24, 2.45) is 0 Å². The molecule has 0 aliphatic heterocycles. The lowest BCUT2D eigenvalue weighted by Gasteiger charge is -2.30. The second kappa shape index (κ2) is 5.12. The van der Waals surface area contributed by atoms with Gasteiger partial charge in [-0.2, -0.15) is 0 Å². The predicted molar refractivity (Wildman–Crippen MR) is 62.0 cm³/mol. The minimum absolute atomic E-state index is 0.210. The maximum absolute atomic E-state index is 11.7. The second-order valence-corrected chi connectivity index (χ2v) is 4.16. The van der Waals surface area contributed by atoms with Crippen LogP contribution in [0.3, 0.4) is 0 Å². The molecule has 1 aliphatic rings. The molecular weight excluding hydrogens is 202 g/mol. The fourth-order valence-corrected chi connectivity index (χ4v) is 1.87. The number of carbonyl (C=O) groups is 1. The van der Waals surface area contributed by atoms with E-state index in [2.05, 4.69) is 5.32 Å². The monoisotopic (exact) mass is 219 g/mol. The first-order valence-electron chi connectivity index (χ1n) is 5.70. The molecule has 0 heterocycles. The van der Waals surface area contributed by atoms with E-state index in [1.54, 1.807) is 0 Å². The Morgan fingerprint density at radius 1 is 1.38 bits per heavy atom. The molecule has 0 aromatic heterocycles. The van der Waals surface area contributed by atoms with Crippen LogP contribution < -0.4 is 5.32 Å². The number of esters is 1. The van der Waals surface area contributed by atoms with E-state index in [1.807, 2.05) is 30.3 Å². The Kier molecular flexibility index (Phi) is 3.57. The Hall–Kier alpha value is -1.35. The van der Waals surface area contributed by atoms with Crippen LogP contribution in [-0.2, 0) is 9.53 Å². The van der Waals surface area contributed by atoms with Gasteiger partial charge in [-0.1, -0.05) is 36.8 Å². The smallest absolute Gasteiger partial charge is 0.327 e. The molecule has 1 unspecified atom stereocenters. The van der Waals surface area contributed by atoms with Crippen molar-refractivity contribution in [1.29, 1.82) is 0 Å². The van der Waals surface area contributed by atoms with Crippen molar-refractivity contribution in [2.75, 3.05) is 7.11 Å². The van der Waals surface area contributed by atoms with Gasteiger partial charge in [0.1, 0.15) is 6.04 Å². The molecule has 16 heavy (non-hydrogen) atoms. The molecular formula is C13H17NO2. The lowest BCUT2D eigenvalue weighted by Crippen LogP contribution is -2.41. The van der Waals surface area contributed by atoms with Gasteiger partial charge in [0.25, 0.3) is 0 Å². The number of methoxy groups -OCH3 is 1. The van der Waals surface area contributed by atoms with Gasteiger partial charge in [-0.3, -0.25) is 5.32 Å². The average molecular weight is 219 g/mol. The summed E-state index contributed by atoms with van der Waals surface area (Å²) in [6.07, 6.45) is 3.56. The van der Waals surface area contributed by atoms with Gasteiger partial charge in [0, 0.05) is 6.04 Å². The van der Waals surface area contributed by atoms with Crippen LogP contribution in [-0.4, -0.2) is 19.1 Å². The molecule has 1 saturated carbocycles. The van der Waals surface area contributed by atoms with Crippen molar-refractivity contribution in [1.82, 2.24) is 5.32 Å². The maximum Gasteiger partial charge on any atom is 0.327 e. The predicted octanol–water partition coefficient (Wildman–Crippen LogP) is 2.04. The minimum atomic E-state index is -0.323. The van der Waals surface area contributed by atoms with Crippen molar-refractivity contribution in [3.8, 4) is 0 Å². The van der Waals surface area contributed by atoms with Crippen LogP contribution in [0.4, 0.5) is 0 Å². The first-order chi connectivity index (χ1) is 7.81. The highest BCUT2D eigenvalue weighted by molar-refractivity contribution is 5.77. The standard InChI is InChI=1S/C13H17NO2/c1-16-13(15)12(14-11-8-5-9-11)10-6-3-2-4-7-10/h2-4,6-7,11-12,14H,5,8-9H2,1H3. The largest absolute Gasteiger partial charge is 0.468 e. The van der Waals surface area contributed by atoms with E-state index in [0.717, 1.165) is 18.4 Å². The number of nitrogens with one attached hydrogen (secondary N) is 1. The molecule has 0 saturated heterocycles. The van der Waals surface area contributed by atoms with Crippen molar-refractivity contribution in [3.63, 3.8) is 0 Å². The third-order valence-corrected chi connectivity index (χ3v) is 3.08. The molecule has 0 radical (unpaired) electrons. The van der Waals surface area contributed by atoms with Crippen LogP contribution in [0.2, 0.25) is 0 Å². The van der Waals surface area contributed by atoms with Gasteiger partial charge in [-0.05, 0) is 18.4 Å². The summed E-state index contributed by atoms with van der Waals surface area (Å²) in [6.45, 7) is 0. The summed E-state index contributed by atoms with van der Waals surface area (Å²) in [5.41, 5.74) is 0.973. The Bertz CT molecular complexity index is 346. The minimum Gasteiger partial charge on any atom is -0.468 e. The summed E-state index contributed by atoms with van der Waals surface area (Å²) in [5, 5.41) is 3.35. The van der Waals surface area contributed by atoms with Crippen molar-refractivity contribution in [3.05, 3.63) is 35.9 Å². The summed E-state index contributed by atoms with van der Waals surface area (Å²) in [7, 11) is 1.43. The molecule has 1 N–H and O–H groups in total. The molecule has 0 amide bonds. The number of rotatable bonds is 4. The molecule has 1 fully saturated rings. The van der Waals surface area contributed by atoms with Gasteiger partial charge >= 0.3 is 5.97 Å². The SMILES string of the molecule is COC(=O)C(NC1CCC1)c1ccccc1. The lowest BCUT2D eigenvalue weighted by molar-refractivity contribution is -0.143. The zero-order valence-corrected chi connectivity index (χ0v) is 9.48. The zero-order chi connectivity index (χ0) is 11.4. The molecule has 0 bridgehead atoms. The summed E-state index contributed by atoms with van der Waals surface area (Å²) >= 11 is 0. The van der Waals surface area contributed by atoms with E-state index in [-0.39, 0.29) is 12.0 Å². The zero-order valence-electron chi connectivity index (χ0n) is 9.48. The third kappa shape index (κ3) is 2.42. The normalized spacial score (nSPS) is 17.6. The highest BCUT2D eigenvalue weighted by atomic mass is 16.5. The number of hydrogen-bond donors (Lipinski definition) is 1. The fraction of sp³-hybridized carbons (Fsp3) is 0.462. The number of hydrogen-bond acceptors (Lipinski definition) is 3. The summed E-state index contributed by atoms with van der Waals surface area (Å²) in [6, 6.07) is 9.86. The van der Waals surface area contributed by atoms with Crippen LogP contribution >= 0.6 is 0 Å². The van der Waals surface area contributed by atoms with Crippen LogP contribution in [0, 0.1) is 0 Å². The van der Waals surface area contributed by atoms with Gasteiger partial charge in [-0.15, -0.1) is 0 Å². The first-order valence-corrected chi connectivity index (χ1v) is 5.70. The highest BCUT2D eigenvalue weighted by Gasteiger charge is 2.27. The Labute approximate surface area is 95.8 Å². The Morgan fingerprint density at radius 3 is 2.56 bits per heavy atom. The van der Waals surface area contributed by atoms with Gasteiger partial charge in [0.2, 0.25) is 0 Å². The van der Waals surface area contributed by atoms with Crippen LogP contribution in [0.5, 0.6) is 0 Å². The lowest BCUT2D eigenvalue weighted by atomic mass is 9.91. The van der Waals surface area contributed by atoms with E-state index < -0.39 is 0 Å². The highest BCUT2D eigenvalue weighted by Crippen LogP contribution is 2.23. The molecule has 3 nitrogen and oxygen atoms in total. The quantitative estimate of drug-likeness (QED) is 0.787.